The van der Waals surface area contributed by atoms with E-state index in [2.05, 4.69) is 39.9 Å². The standard InChI is InChI=1S/C17H29FN2/c1-7-10-19-13(4)15-8-9-17(16(18)11-15)20(6)14(5)12(2)3/h8-9,11-14,19H,7,10H2,1-6H3. The minimum absolute atomic E-state index is 0.136. The summed E-state index contributed by atoms with van der Waals surface area (Å²) >= 11 is 0. The third kappa shape index (κ3) is 4.20. The summed E-state index contributed by atoms with van der Waals surface area (Å²) in [6, 6.07) is 6.08. The number of anilines is 1. The van der Waals surface area contributed by atoms with Gasteiger partial charge in [-0.2, -0.15) is 0 Å². The van der Waals surface area contributed by atoms with Gasteiger partial charge >= 0.3 is 0 Å². The fourth-order valence-electron chi connectivity index (χ4n) is 2.22. The molecule has 0 aliphatic rings. The Hall–Kier alpha value is -1.09. The first-order valence-electron chi connectivity index (χ1n) is 7.64. The summed E-state index contributed by atoms with van der Waals surface area (Å²) in [6.07, 6.45) is 1.08. The number of hydrogen-bond acceptors (Lipinski definition) is 2. The minimum Gasteiger partial charge on any atom is -0.369 e. The average molecular weight is 280 g/mol. The molecular weight excluding hydrogens is 251 g/mol. The molecule has 1 aromatic rings. The maximum absolute atomic E-state index is 14.3. The molecule has 0 spiro atoms. The van der Waals surface area contributed by atoms with Crippen molar-refractivity contribution in [3.63, 3.8) is 0 Å². The van der Waals surface area contributed by atoms with Crippen molar-refractivity contribution in [2.75, 3.05) is 18.5 Å². The first-order valence-corrected chi connectivity index (χ1v) is 7.64. The highest BCUT2D eigenvalue weighted by Gasteiger charge is 2.17. The van der Waals surface area contributed by atoms with E-state index in [9.17, 15) is 4.39 Å². The van der Waals surface area contributed by atoms with Crippen molar-refractivity contribution in [2.24, 2.45) is 5.92 Å². The molecule has 0 fully saturated rings. The third-order valence-electron chi connectivity index (χ3n) is 4.13. The van der Waals surface area contributed by atoms with Crippen LogP contribution in [-0.2, 0) is 0 Å². The second-order valence-corrected chi connectivity index (χ2v) is 5.98. The highest BCUT2D eigenvalue weighted by Crippen LogP contribution is 2.25. The minimum atomic E-state index is -0.136. The highest BCUT2D eigenvalue weighted by atomic mass is 19.1. The first-order chi connectivity index (χ1) is 9.38. The fourth-order valence-corrected chi connectivity index (χ4v) is 2.22. The molecule has 1 N–H and O–H groups in total. The van der Waals surface area contributed by atoms with Gasteiger partial charge in [0.15, 0.2) is 0 Å². The second-order valence-electron chi connectivity index (χ2n) is 5.98. The van der Waals surface area contributed by atoms with Gasteiger partial charge in [-0.25, -0.2) is 4.39 Å². The van der Waals surface area contributed by atoms with Crippen molar-refractivity contribution in [3.8, 4) is 0 Å². The molecule has 0 saturated heterocycles. The molecule has 2 unspecified atom stereocenters. The summed E-state index contributed by atoms with van der Waals surface area (Å²) in [5, 5.41) is 3.39. The summed E-state index contributed by atoms with van der Waals surface area (Å²) in [5.41, 5.74) is 1.68. The first kappa shape index (κ1) is 17.0. The molecule has 114 valence electrons. The molecule has 0 aromatic heterocycles. The lowest BCUT2D eigenvalue weighted by Gasteiger charge is -2.30. The van der Waals surface area contributed by atoms with Gasteiger partial charge in [-0.1, -0.05) is 26.8 Å². The van der Waals surface area contributed by atoms with Crippen molar-refractivity contribution in [1.82, 2.24) is 5.32 Å². The van der Waals surface area contributed by atoms with Crippen LogP contribution in [0.25, 0.3) is 0 Å². The van der Waals surface area contributed by atoms with Crippen LogP contribution in [0.2, 0.25) is 0 Å². The highest BCUT2D eigenvalue weighted by molar-refractivity contribution is 5.49. The van der Waals surface area contributed by atoms with E-state index in [1.165, 1.54) is 0 Å². The number of nitrogens with one attached hydrogen (secondary N) is 1. The lowest BCUT2D eigenvalue weighted by atomic mass is 10.0. The van der Waals surface area contributed by atoms with Crippen LogP contribution >= 0.6 is 0 Å². The van der Waals surface area contributed by atoms with E-state index in [-0.39, 0.29) is 11.9 Å². The topological polar surface area (TPSA) is 15.3 Å². The normalized spacial score (nSPS) is 14.4. The molecule has 0 aliphatic heterocycles. The van der Waals surface area contributed by atoms with Crippen molar-refractivity contribution in [1.29, 1.82) is 0 Å². The van der Waals surface area contributed by atoms with E-state index in [1.807, 2.05) is 24.1 Å². The number of rotatable bonds is 7. The van der Waals surface area contributed by atoms with Crippen molar-refractivity contribution in [2.45, 2.75) is 53.1 Å². The Bertz CT molecular complexity index is 417. The van der Waals surface area contributed by atoms with Crippen molar-refractivity contribution < 1.29 is 4.39 Å². The van der Waals surface area contributed by atoms with Crippen LogP contribution in [0.3, 0.4) is 0 Å². The number of nitrogens with zero attached hydrogens (tertiary/aromatic N) is 1. The van der Waals surface area contributed by atoms with Crippen molar-refractivity contribution >= 4 is 5.69 Å². The molecule has 0 aliphatic carbocycles. The van der Waals surface area contributed by atoms with Gasteiger partial charge in [0.05, 0.1) is 5.69 Å². The van der Waals surface area contributed by atoms with Crippen molar-refractivity contribution in [3.05, 3.63) is 29.6 Å². The van der Waals surface area contributed by atoms with Crippen LogP contribution in [-0.4, -0.2) is 19.6 Å². The van der Waals surface area contributed by atoms with Gasteiger partial charge in [0.2, 0.25) is 0 Å². The van der Waals surface area contributed by atoms with Gasteiger partial charge in [0.25, 0.3) is 0 Å². The van der Waals surface area contributed by atoms with Gasteiger partial charge < -0.3 is 10.2 Å². The van der Waals surface area contributed by atoms with Crippen LogP contribution in [0.15, 0.2) is 18.2 Å². The van der Waals surface area contributed by atoms with Crippen LogP contribution in [0.1, 0.15) is 52.6 Å². The van der Waals surface area contributed by atoms with E-state index < -0.39 is 0 Å². The molecule has 20 heavy (non-hydrogen) atoms. The summed E-state index contributed by atoms with van der Waals surface area (Å²) in [7, 11) is 1.96. The van der Waals surface area contributed by atoms with Gasteiger partial charge in [-0.05, 0) is 50.4 Å². The smallest absolute Gasteiger partial charge is 0.146 e. The van der Waals surface area contributed by atoms with E-state index in [1.54, 1.807) is 6.07 Å². The molecule has 3 heteroatoms. The van der Waals surface area contributed by atoms with Crippen LogP contribution in [0, 0.1) is 11.7 Å². The SMILES string of the molecule is CCCNC(C)c1ccc(N(C)C(C)C(C)C)c(F)c1. The predicted molar refractivity (Wildman–Crippen MR) is 85.8 cm³/mol. The molecular formula is C17H29FN2. The summed E-state index contributed by atoms with van der Waals surface area (Å²) in [4.78, 5) is 2.02. The lowest BCUT2D eigenvalue weighted by molar-refractivity contribution is 0.496. The molecule has 0 bridgehead atoms. The Kier molecular flexibility index (Phi) is 6.47. The summed E-state index contributed by atoms with van der Waals surface area (Å²) < 4.78 is 14.3. The van der Waals surface area contributed by atoms with Crippen LogP contribution < -0.4 is 10.2 Å². The number of hydrogen-bond donors (Lipinski definition) is 1. The Morgan fingerprint density at radius 1 is 1.20 bits per heavy atom. The molecule has 0 amide bonds. The Morgan fingerprint density at radius 3 is 2.35 bits per heavy atom. The Balaban J connectivity index is 2.87. The molecule has 1 aromatic carbocycles. The Labute approximate surface area is 123 Å². The molecule has 0 heterocycles. The van der Waals surface area contributed by atoms with Crippen LogP contribution in [0.4, 0.5) is 10.1 Å². The maximum Gasteiger partial charge on any atom is 0.146 e. The molecule has 0 saturated carbocycles. The summed E-state index contributed by atoms with van der Waals surface area (Å²) in [6.45, 7) is 11.6. The monoisotopic (exact) mass is 280 g/mol. The zero-order valence-corrected chi connectivity index (χ0v) is 13.7. The van der Waals surface area contributed by atoms with E-state index in [0.717, 1.165) is 18.5 Å². The molecule has 2 nitrogen and oxygen atoms in total. The fraction of sp³-hybridized carbons (Fsp3) is 0.647. The average Bonchev–Trinajstić information content (AvgIpc) is 2.42. The lowest BCUT2D eigenvalue weighted by Crippen LogP contribution is -2.33. The maximum atomic E-state index is 14.3. The van der Waals surface area contributed by atoms with E-state index in [0.29, 0.717) is 17.6 Å². The van der Waals surface area contributed by atoms with Crippen LogP contribution in [0.5, 0.6) is 0 Å². The van der Waals surface area contributed by atoms with Gasteiger partial charge in [-0.3, -0.25) is 0 Å². The zero-order valence-electron chi connectivity index (χ0n) is 13.7. The van der Waals surface area contributed by atoms with Gasteiger partial charge in [0, 0.05) is 19.1 Å². The van der Waals surface area contributed by atoms with E-state index >= 15 is 0 Å². The largest absolute Gasteiger partial charge is 0.369 e. The predicted octanol–water partition coefficient (Wildman–Crippen LogP) is 4.37. The Morgan fingerprint density at radius 2 is 1.85 bits per heavy atom. The molecule has 0 radical (unpaired) electrons. The number of benzene rings is 1. The quantitative estimate of drug-likeness (QED) is 0.798. The second kappa shape index (κ2) is 7.63. The third-order valence-corrected chi connectivity index (χ3v) is 4.13. The van der Waals surface area contributed by atoms with E-state index in [4.69, 9.17) is 0 Å². The number of halogens is 1. The van der Waals surface area contributed by atoms with Gasteiger partial charge in [0.1, 0.15) is 5.82 Å². The summed E-state index contributed by atoms with van der Waals surface area (Å²) in [5.74, 6) is 0.354. The van der Waals surface area contributed by atoms with Gasteiger partial charge in [-0.15, -0.1) is 0 Å². The zero-order chi connectivity index (χ0) is 15.3. The molecule has 1 rings (SSSR count). The molecule has 2 atom stereocenters.